The van der Waals surface area contributed by atoms with E-state index < -0.39 is 0 Å². The largest absolute Gasteiger partial charge is 0.349 e. The number of rotatable bonds is 3. The normalized spacial score (nSPS) is 30.3. The molecule has 4 atom stereocenters. The van der Waals surface area contributed by atoms with Crippen molar-refractivity contribution in [3.63, 3.8) is 0 Å². The van der Waals surface area contributed by atoms with Crippen LogP contribution in [0.2, 0.25) is 5.02 Å². The molecule has 2 saturated carbocycles. The lowest BCUT2D eigenvalue weighted by Crippen LogP contribution is -2.40. The van der Waals surface area contributed by atoms with E-state index in [-0.39, 0.29) is 11.9 Å². The van der Waals surface area contributed by atoms with Crippen LogP contribution < -0.4 is 5.32 Å². The molecule has 0 unspecified atom stereocenters. The van der Waals surface area contributed by atoms with Crippen molar-refractivity contribution in [3.8, 4) is 0 Å². The Bertz CT molecular complexity index is 487. The van der Waals surface area contributed by atoms with Crippen molar-refractivity contribution in [2.24, 2.45) is 17.8 Å². The van der Waals surface area contributed by atoms with Gasteiger partial charge in [0.1, 0.15) is 0 Å². The lowest BCUT2D eigenvalue weighted by atomic mass is 9.84. The summed E-state index contributed by atoms with van der Waals surface area (Å²) in [7, 11) is 0. The van der Waals surface area contributed by atoms with E-state index in [4.69, 9.17) is 11.6 Å². The molecule has 2 aliphatic carbocycles. The highest BCUT2D eigenvalue weighted by Gasteiger charge is 2.42. The number of nitrogens with one attached hydrogen (secondary N) is 1. The quantitative estimate of drug-likeness (QED) is 0.892. The fourth-order valence-electron chi connectivity index (χ4n) is 3.93. The van der Waals surface area contributed by atoms with Crippen LogP contribution in [-0.2, 0) is 0 Å². The Hall–Kier alpha value is -1.02. The highest BCUT2D eigenvalue weighted by Crippen LogP contribution is 2.49. The van der Waals surface area contributed by atoms with Crippen LogP contribution in [0.3, 0.4) is 0 Å². The minimum absolute atomic E-state index is 0.00206. The van der Waals surface area contributed by atoms with E-state index in [2.05, 4.69) is 12.2 Å². The lowest BCUT2D eigenvalue weighted by molar-refractivity contribution is 0.0915. The van der Waals surface area contributed by atoms with Gasteiger partial charge in [-0.15, -0.1) is 0 Å². The van der Waals surface area contributed by atoms with Crippen molar-refractivity contribution in [2.45, 2.75) is 38.6 Å². The van der Waals surface area contributed by atoms with Crippen LogP contribution in [-0.4, -0.2) is 11.9 Å². The molecule has 0 spiro atoms. The zero-order valence-electron chi connectivity index (χ0n) is 11.2. The van der Waals surface area contributed by atoms with Crippen molar-refractivity contribution in [2.75, 3.05) is 0 Å². The van der Waals surface area contributed by atoms with Gasteiger partial charge >= 0.3 is 0 Å². The molecule has 2 bridgehead atoms. The molecule has 3 rings (SSSR count). The molecule has 3 heteroatoms. The van der Waals surface area contributed by atoms with Crippen LogP contribution in [0.5, 0.6) is 0 Å². The van der Waals surface area contributed by atoms with Gasteiger partial charge in [-0.3, -0.25) is 4.79 Å². The second kappa shape index (κ2) is 5.16. The van der Waals surface area contributed by atoms with E-state index in [1.165, 1.54) is 25.7 Å². The van der Waals surface area contributed by atoms with Crippen LogP contribution in [0.1, 0.15) is 43.0 Å². The first-order valence-corrected chi connectivity index (χ1v) is 7.57. The fraction of sp³-hybridized carbons (Fsp3) is 0.562. The predicted molar refractivity (Wildman–Crippen MR) is 77.3 cm³/mol. The Morgan fingerprint density at radius 2 is 2.21 bits per heavy atom. The molecule has 102 valence electrons. The average molecular weight is 278 g/mol. The summed E-state index contributed by atoms with van der Waals surface area (Å²) in [5.74, 6) is 2.42. The third-order valence-corrected chi connectivity index (χ3v) is 5.12. The molecule has 1 aromatic rings. The second-order valence-corrected chi connectivity index (χ2v) is 6.55. The zero-order valence-corrected chi connectivity index (χ0v) is 12.0. The van der Waals surface area contributed by atoms with Crippen LogP contribution in [0, 0.1) is 17.8 Å². The Labute approximate surface area is 119 Å². The third-order valence-electron chi connectivity index (χ3n) is 4.88. The minimum atomic E-state index is -0.00206. The molecule has 1 aromatic carbocycles. The van der Waals surface area contributed by atoms with E-state index in [9.17, 15) is 4.79 Å². The van der Waals surface area contributed by atoms with E-state index in [1.807, 2.05) is 12.1 Å². The SMILES string of the molecule is C[C@@H](NC(=O)c1cccc(Cl)c1)[C@@H]1C[C@H]2CC[C@H]1C2. The zero-order chi connectivity index (χ0) is 13.4. The van der Waals surface area contributed by atoms with Crippen LogP contribution >= 0.6 is 11.6 Å². The van der Waals surface area contributed by atoms with E-state index in [1.54, 1.807) is 12.1 Å². The van der Waals surface area contributed by atoms with Crippen molar-refractivity contribution in [1.29, 1.82) is 0 Å². The summed E-state index contributed by atoms with van der Waals surface area (Å²) in [6.45, 7) is 2.15. The average Bonchev–Trinajstić information content (AvgIpc) is 3.00. The molecule has 0 aromatic heterocycles. The topological polar surface area (TPSA) is 29.1 Å². The van der Waals surface area contributed by atoms with Crippen molar-refractivity contribution in [1.82, 2.24) is 5.32 Å². The summed E-state index contributed by atoms with van der Waals surface area (Å²) < 4.78 is 0. The highest BCUT2D eigenvalue weighted by molar-refractivity contribution is 6.30. The van der Waals surface area contributed by atoms with Gasteiger partial charge in [0.25, 0.3) is 5.91 Å². The van der Waals surface area contributed by atoms with Gasteiger partial charge in [0.15, 0.2) is 0 Å². The van der Waals surface area contributed by atoms with Gasteiger partial charge in [0.05, 0.1) is 0 Å². The first-order chi connectivity index (χ1) is 9.13. The molecular formula is C16H20ClNO. The van der Waals surface area contributed by atoms with Crippen molar-refractivity contribution >= 4 is 17.5 Å². The van der Waals surface area contributed by atoms with E-state index in [0.717, 1.165) is 11.8 Å². The second-order valence-electron chi connectivity index (χ2n) is 6.11. The minimum Gasteiger partial charge on any atom is -0.349 e. The molecule has 2 fully saturated rings. The molecular weight excluding hydrogens is 258 g/mol. The number of fused-ring (bicyclic) bond motifs is 2. The van der Waals surface area contributed by atoms with Gasteiger partial charge in [0, 0.05) is 16.6 Å². The molecule has 19 heavy (non-hydrogen) atoms. The van der Waals surface area contributed by atoms with Gasteiger partial charge in [0.2, 0.25) is 0 Å². The van der Waals surface area contributed by atoms with Crippen LogP contribution in [0.25, 0.3) is 0 Å². The maximum Gasteiger partial charge on any atom is 0.251 e. The number of carbonyl (C=O) groups is 1. The summed E-state index contributed by atoms with van der Waals surface area (Å²) >= 11 is 5.92. The van der Waals surface area contributed by atoms with Crippen molar-refractivity contribution < 1.29 is 4.79 Å². The molecule has 1 N–H and O–H groups in total. The van der Waals surface area contributed by atoms with Gasteiger partial charge in [-0.05, 0) is 62.1 Å². The molecule has 0 heterocycles. The first-order valence-electron chi connectivity index (χ1n) is 7.20. The summed E-state index contributed by atoms with van der Waals surface area (Å²) in [6, 6.07) is 7.41. The lowest BCUT2D eigenvalue weighted by Gasteiger charge is -2.28. The van der Waals surface area contributed by atoms with Crippen LogP contribution in [0.15, 0.2) is 24.3 Å². The first kappa shape index (κ1) is 13.0. The smallest absolute Gasteiger partial charge is 0.251 e. The Morgan fingerprint density at radius 3 is 2.84 bits per heavy atom. The molecule has 1 amide bonds. The molecule has 0 aliphatic heterocycles. The van der Waals surface area contributed by atoms with Crippen LogP contribution in [0.4, 0.5) is 0 Å². The maximum atomic E-state index is 12.2. The Kier molecular flexibility index (Phi) is 3.53. The highest BCUT2D eigenvalue weighted by atomic mass is 35.5. The molecule has 2 aliphatic rings. The number of halogens is 1. The molecule has 0 saturated heterocycles. The standard InChI is InChI=1S/C16H20ClNO/c1-10(15-8-11-5-6-12(15)7-11)18-16(19)13-3-2-4-14(17)9-13/h2-4,9-12,15H,5-8H2,1H3,(H,18,19)/t10-,11+,12+,15+/m1/s1. The number of amides is 1. The van der Waals surface area contributed by atoms with E-state index in [0.29, 0.717) is 16.5 Å². The number of hydrogen-bond acceptors (Lipinski definition) is 1. The number of benzene rings is 1. The summed E-state index contributed by atoms with van der Waals surface area (Å²) in [5.41, 5.74) is 0.655. The third kappa shape index (κ3) is 2.64. The summed E-state index contributed by atoms with van der Waals surface area (Å²) in [6.07, 6.45) is 5.42. The van der Waals surface area contributed by atoms with Crippen molar-refractivity contribution in [3.05, 3.63) is 34.9 Å². The fourth-order valence-corrected chi connectivity index (χ4v) is 4.12. The van der Waals surface area contributed by atoms with E-state index >= 15 is 0 Å². The maximum absolute atomic E-state index is 12.2. The molecule has 0 radical (unpaired) electrons. The predicted octanol–water partition coefficient (Wildman–Crippen LogP) is 3.89. The summed E-state index contributed by atoms with van der Waals surface area (Å²) in [5, 5.41) is 3.76. The Balaban J connectivity index is 1.63. The number of hydrogen-bond donors (Lipinski definition) is 1. The molecule has 2 nitrogen and oxygen atoms in total. The number of carbonyl (C=O) groups excluding carboxylic acids is 1. The Morgan fingerprint density at radius 1 is 1.37 bits per heavy atom. The van der Waals surface area contributed by atoms with Gasteiger partial charge in [-0.1, -0.05) is 24.1 Å². The van der Waals surface area contributed by atoms with Gasteiger partial charge in [-0.2, -0.15) is 0 Å². The summed E-state index contributed by atoms with van der Waals surface area (Å²) in [4.78, 5) is 12.2. The van der Waals surface area contributed by atoms with Gasteiger partial charge < -0.3 is 5.32 Å². The van der Waals surface area contributed by atoms with Gasteiger partial charge in [-0.25, -0.2) is 0 Å². The monoisotopic (exact) mass is 277 g/mol.